The van der Waals surface area contributed by atoms with Gasteiger partial charge in [-0.15, -0.1) is 0 Å². The summed E-state index contributed by atoms with van der Waals surface area (Å²) in [6.07, 6.45) is -2.41. The lowest BCUT2D eigenvalue weighted by Crippen LogP contribution is -2.38. The molecule has 0 bridgehead atoms. The van der Waals surface area contributed by atoms with Crippen LogP contribution in [-0.2, 0) is 11.0 Å². The minimum Gasteiger partial charge on any atom is -0.480 e. The van der Waals surface area contributed by atoms with Crippen LogP contribution in [0.2, 0.25) is 0 Å². The molecule has 0 aliphatic carbocycles. The van der Waals surface area contributed by atoms with E-state index in [0.29, 0.717) is 0 Å². The molecule has 24 heavy (non-hydrogen) atoms. The maximum atomic E-state index is 12.9. The molecule has 2 aromatic rings. The van der Waals surface area contributed by atoms with E-state index in [0.717, 1.165) is 11.6 Å². The summed E-state index contributed by atoms with van der Waals surface area (Å²) in [6.45, 7) is 3.16. The smallest absolute Gasteiger partial charge is 0.419 e. The summed E-state index contributed by atoms with van der Waals surface area (Å²) in [6, 6.07) is 7.99. The number of carbonyl (C=O) groups excluding carboxylic acids is 1. The van der Waals surface area contributed by atoms with Crippen LogP contribution in [0.15, 0.2) is 48.8 Å². The Labute approximate surface area is 137 Å². The summed E-state index contributed by atoms with van der Waals surface area (Å²) in [5.74, 6) is -0.884. The lowest BCUT2D eigenvalue weighted by atomic mass is 10.1. The van der Waals surface area contributed by atoms with Crippen LogP contribution in [0.1, 0.15) is 31.0 Å². The standard InChI is InChI=1S/C17H17F3N2O2/c1-11(13-6-5-9-21-10-13)22-16(23)12(2)24-15-8-4-3-7-14(15)17(18,19)20/h3-12H,1-2H3,(H,22,23)/t11-,12-/m1/s1. The van der Waals surface area contributed by atoms with Crippen LogP contribution in [0, 0.1) is 0 Å². The number of aromatic nitrogens is 1. The van der Waals surface area contributed by atoms with E-state index >= 15 is 0 Å². The molecule has 0 fully saturated rings. The van der Waals surface area contributed by atoms with Crippen molar-refractivity contribution in [3.05, 3.63) is 59.9 Å². The SMILES string of the molecule is C[C@@H](Oc1ccccc1C(F)(F)F)C(=O)N[C@H](C)c1cccnc1. The first-order valence-corrected chi connectivity index (χ1v) is 7.32. The van der Waals surface area contributed by atoms with Crippen molar-refractivity contribution in [2.45, 2.75) is 32.2 Å². The summed E-state index contributed by atoms with van der Waals surface area (Å²) in [7, 11) is 0. The summed E-state index contributed by atoms with van der Waals surface area (Å²) < 4.78 is 44.1. The minimum atomic E-state index is -4.55. The van der Waals surface area contributed by atoms with Crippen LogP contribution in [0.25, 0.3) is 0 Å². The monoisotopic (exact) mass is 338 g/mol. The van der Waals surface area contributed by atoms with Gasteiger partial charge in [0.25, 0.3) is 5.91 Å². The molecule has 4 nitrogen and oxygen atoms in total. The van der Waals surface area contributed by atoms with Gasteiger partial charge in [-0.3, -0.25) is 9.78 Å². The number of hydrogen-bond donors (Lipinski definition) is 1. The van der Waals surface area contributed by atoms with Crippen molar-refractivity contribution in [1.29, 1.82) is 0 Å². The molecule has 0 unspecified atom stereocenters. The second-order valence-corrected chi connectivity index (χ2v) is 5.27. The number of para-hydroxylation sites is 1. The van der Waals surface area contributed by atoms with Crippen LogP contribution in [0.3, 0.4) is 0 Å². The molecular weight excluding hydrogens is 321 g/mol. The first kappa shape index (κ1) is 17.8. The maximum Gasteiger partial charge on any atom is 0.419 e. The van der Waals surface area contributed by atoms with E-state index in [1.165, 1.54) is 25.1 Å². The minimum absolute atomic E-state index is 0.338. The van der Waals surface area contributed by atoms with Gasteiger partial charge in [0.15, 0.2) is 6.10 Å². The quantitative estimate of drug-likeness (QED) is 0.903. The number of alkyl halides is 3. The van der Waals surface area contributed by atoms with E-state index in [1.807, 2.05) is 0 Å². The maximum absolute atomic E-state index is 12.9. The molecule has 2 rings (SSSR count). The van der Waals surface area contributed by atoms with Gasteiger partial charge >= 0.3 is 6.18 Å². The Morgan fingerprint density at radius 2 is 1.88 bits per heavy atom. The molecule has 0 radical (unpaired) electrons. The first-order valence-electron chi connectivity index (χ1n) is 7.32. The van der Waals surface area contributed by atoms with Gasteiger partial charge in [-0.1, -0.05) is 18.2 Å². The molecule has 0 spiro atoms. The van der Waals surface area contributed by atoms with Crippen molar-refractivity contribution in [2.24, 2.45) is 0 Å². The molecule has 1 N–H and O–H groups in total. The second kappa shape index (κ2) is 7.33. The molecule has 7 heteroatoms. The third kappa shape index (κ3) is 4.47. The fourth-order valence-electron chi connectivity index (χ4n) is 2.09. The van der Waals surface area contributed by atoms with Crippen molar-refractivity contribution >= 4 is 5.91 Å². The number of nitrogens with zero attached hydrogens (tertiary/aromatic N) is 1. The number of benzene rings is 1. The van der Waals surface area contributed by atoms with Crippen molar-refractivity contribution in [3.8, 4) is 5.75 Å². The lowest BCUT2D eigenvalue weighted by molar-refractivity contribution is -0.140. The van der Waals surface area contributed by atoms with Crippen LogP contribution >= 0.6 is 0 Å². The highest BCUT2D eigenvalue weighted by atomic mass is 19.4. The van der Waals surface area contributed by atoms with E-state index < -0.39 is 23.8 Å². The number of carbonyl (C=O) groups is 1. The van der Waals surface area contributed by atoms with Crippen molar-refractivity contribution in [3.63, 3.8) is 0 Å². The average Bonchev–Trinajstić information content (AvgIpc) is 2.55. The molecular formula is C17H17F3N2O2. The third-order valence-electron chi connectivity index (χ3n) is 3.41. The normalized spacial score (nSPS) is 13.9. The Bertz CT molecular complexity index is 690. The molecule has 1 amide bonds. The largest absolute Gasteiger partial charge is 0.480 e. The van der Waals surface area contributed by atoms with Gasteiger partial charge in [0, 0.05) is 12.4 Å². The number of rotatable bonds is 5. The van der Waals surface area contributed by atoms with E-state index in [4.69, 9.17) is 4.74 Å². The van der Waals surface area contributed by atoms with Crippen LogP contribution < -0.4 is 10.1 Å². The zero-order valence-electron chi connectivity index (χ0n) is 13.2. The summed E-state index contributed by atoms with van der Waals surface area (Å²) in [4.78, 5) is 16.1. The van der Waals surface area contributed by atoms with Gasteiger partial charge in [-0.05, 0) is 37.6 Å². The van der Waals surface area contributed by atoms with E-state index in [1.54, 1.807) is 31.5 Å². The third-order valence-corrected chi connectivity index (χ3v) is 3.41. The van der Waals surface area contributed by atoms with Gasteiger partial charge in [0.1, 0.15) is 5.75 Å². The molecule has 0 aliphatic rings. The van der Waals surface area contributed by atoms with Gasteiger partial charge in [-0.25, -0.2) is 0 Å². The second-order valence-electron chi connectivity index (χ2n) is 5.27. The number of pyridine rings is 1. The van der Waals surface area contributed by atoms with Crippen molar-refractivity contribution in [2.75, 3.05) is 0 Å². The zero-order chi connectivity index (χ0) is 17.7. The summed E-state index contributed by atoms with van der Waals surface area (Å²) in [5, 5.41) is 2.69. The molecule has 128 valence electrons. The Morgan fingerprint density at radius 1 is 1.17 bits per heavy atom. The predicted molar refractivity (Wildman–Crippen MR) is 82.3 cm³/mol. The fourth-order valence-corrected chi connectivity index (χ4v) is 2.09. The number of ether oxygens (including phenoxy) is 1. The number of amides is 1. The van der Waals surface area contributed by atoms with Gasteiger partial charge < -0.3 is 10.1 Å². The topological polar surface area (TPSA) is 51.2 Å². The predicted octanol–water partition coefficient (Wildman–Crippen LogP) is 3.75. The molecule has 1 heterocycles. The summed E-state index contributed by atoms with van der Waals surface area (Å²) >= 11 is 0. The highest BCUT2D eigenvalue weighted by Crippen LogP contribution is 2.36. The number of nitrogens with one attached hydrogen (secondary N) is 1. The molecule has 1 aromatic carbocycles. The molecule has 2 atom stereocenters. The van der Waals surface area contributed by atoms with Gasteiger partial charge in [0.2, 0.25) is 0 Å². The lowest BCUT2D eigenvalue weighted by Gasteiger charge is -2.20. The van der Waals surface area contributed by atoms with Crippen LogP contribution in [-0.4, -0.2) is 17.0 Å². The Balaban J connectivity index is 2.05. The van der Waals surface area contributed by atoms with Crippen LogP contribution in [0.4, 0.5) is 13.2 Å². The molecule has 0 saturated carbocycles. The summed E-state index contributed by atoms with van der Waals surface area (Å²) in [5.41, 5.74) is -0.126. The van der Waals surface area contributed by atoms with Crippen molar-refractivity contribution < 1.29 is 22.7 Å². The number of halogens is 3. The Kier molecular flexibility index (Phi) is 5.43. The molecule has 1 aromatic heterocycles. The Morgan fingerprint density at radius 3 is 2.50 bits per heavy atom. The molecule has 0 saturated heterocycles. The fraction of sp³-hybridized carbons (Fsp3) is 0.294. The van der Waals surface area contributed by atoms with Crippen LogP contribution in [0.5, 0.6) is 5.75 Å². The highest BCUT2D eigenvalue weighted by molar-refractivity contribution is 5.81. The highest BCUT2D eigenvalue weighted by Gasteiger charge is 2.34. The van der Waals surface area contributed by atoms with Gasteiger partial charge in [-0.2, -0.15) is 13.2 Å². The number of hydrogen-bond acceptors (Lipinski definition) is 3. The van der Waals surface area contributed by atoms with Gasteiger partial charge in [0.05, 0.1) is 11.6 Å². The van der Waals surface area contributed by atoms with E-state index in [9.17, 15) is 18.0 Å². The average molecular weight is 338 g/mol. The zero-order valence-corrected chi connectivity index (χ0v) is 13.2. The van der Waals surface area contributed by atoms with E-state index in [-0.39, 0.29) is 11.8 Å². The Hall–Kier alpha value is -2.57. The first-order chi connectivity index (χ1) is 11.3. The van der Waals surface area contributed by atoms with Crippen molar-refractivity contribution in [1.82, 2.24) is 10.3 Å². The molecule has 0 aliphatic heterocycles. The van der Waals surface area contributed by atoms with E-state index in [2.05, 4.69) is 10.3 Å².